The number of halogens is 4. The third-order valence-corrected chi connectivity index (χ3v) is 6.93. The molecule has 0 saturated carbocycles. The Morgan fingerprint density at radius 1 is 0.700 bits per heavy atom. The van der Waals surface area contributed by atoms with Gasteiger partial charge in [-0.15, -0.1) is 0 Å². The van der Waals surface area contributed by atoms with Gasteiger partial charge < -0.3 is 10.2 Å². The summed E-state index contributed by atoms with van der Waals surface area (Å²) in [6.07, 6.45) is 0. The maximum absolute atomic E-state index is 12.6. The maximum Gasteiger partial charge on any atom is 0.195 e. The minimum Gasteiger partial charge on any atom is -0.507 e. The number of carbonyl (C=O) groups is 1. The second kappa shape index (κ2) is 6.17. The molecule has 0 unspecified atom stereocenters. The molecular weight excluding hydrogens is 524 g/mol. The van der Waals surface area contributed by atoms with E-state index in [-0.39, 0.29) is 17.3 Å². The summed E-state index contributed by atoms with van der Waals surface area (Å²) in [5.41, 5.74) is 0.793. The Hall–Kier alpha value is -0.370. The van der Waals surface area contributed by atoms with Gasteiger partial charge in [0.2, 0.25) is 0 Å². The molecule has 20 heavy (non-hydrogen) atoms. The zero-order chi connectivity index (χ0) is 15.0. The van der Waals surface area contributed by atoms with Gasteiger partial charge in [0.25, 0.3) is 0 Å². The Bertz CT molecular complexity index is 654. The van der Waals surface area contributed by atoms with Gasteiger partial charge in [0.1, 0.15) is 11.5 Å². The van der Waals surface area contributed by atoms with Crippen LogP contribution >= 0.6 is 63.7 Å². The van der Waals surface area contributed by atoms with Crippen molar-refractivity contribution in [2.45, 2.75) is 0 Å². The molecule has 0 heterocycles. The molecule has 0 aliphatic carbocycles. The van der Waals surface area contributed by atoms with E-state index >= 15 is 0 Å². The molecule has 2 rings (SSSR count). The molecule has 2 aromatic rings. The van der Waals surface area contributed by atoms with Crippen LogP contribution in [0.2, 0.25) is 0 Å². The van der Waals surface area contributed by atoms with E-state index in [1.807, 2.05) is 0 Å². The van der Waals surface area contributed by atoms with E-state index in [4.69, 9.17) is 0 Å². The van der Waals surface area contributed by atoms with E-state index in [0.29, 0.717) is 29.0 Å². The summed E-state index contributed by atoms with van der Waals surface area (Å²) in [6, 6.07) is 5.93. The summed E-state index contributed by atoms with van der Waals surface area (Å²) in [5.74, 6) is -0.163. The molecule has 2 N–H and O–H groups in total. The van der Waals surface area contributed by atoms with E-state index < -0.39 is 0 Å². The van der Waals surface area contributed by atoms with E-state index in [1.165, 1.54) is 24.3 Å². The molecule has 104 valence electrons. The van der Waals surface area contributed by atoms with Crippen LogP contribution in [0.4, 0.5) is 0 Å². The zero-order valence-corrected chi connectivity index (χ0v) is 16.0. The van der Waals surface area contributed by atoms with Crippen LogP contribution in [-0.4, -0.2) is 16.0 Å². The first-order valence-electron chi connectivity index (χ1n) is 5.23. The number of carbonyl (C=O) groups excluding carboxylic acids is 1. The van der Waals surface area contributed by atoms with Crippen molar-refractivity contribution in [1.29, 1.82) is 0 Å². The van der Waals surface area contributed by atoms with E-state index in [2.05, 4.69) is 63.7 Å². The minimum absolute atomic E-state index is 0.0411. The predicted octanol–water partition coefficient (Wildman–Crippen LogP) is 5.38. The van der Waals surface area contributed by atoms with Crippen LogP contribution in [0.5, 0.6) is 11.5 Å². The Morgan fingerprint density at radius 2 is 1.05 bits per heavy atom. The van der Waals surface area contributed by atoms with Crippen molar-refractivity contribution < 1.29 is 15.0 Å². The van der Waals surface area contributed by atoms with Gasteiger partial charge in [-0.3, -0.25) is 4.79 Å². The molecular formula is C13H6Br4O3. The molecule has 0 spiro atoms. The van der Waals surface area contributed by atoms with Gasteiger partial charge in [-0.25, -0.2) is 0 Å². The maximum atomic E-state index is 12.6. The van der Waals surface area contributed by atoms with Crippen molar-refractivity contribution >= 4 is 69.5 Å². The van der Waals surface area contributed by atoms with Crippen LogP contribution in [0.25, 0.3) is 0 Å². The fourth-order valence-electron chi connectivity index (χ4n) is 1.57. The van der Waals surface area contributed by atoms with Gasteiger partial charge in [0.15, 0.2) is 5.78 Å². The highest BCUT2D eigenvalue weighted by atomic mass is 79.9. The van der Waals surface area contributed by atoms with E-state index in [9.17, 15) is 15.0 Å². The fraction of sp³-hybridized carbons (Fsp3) is 0. The summed E-state index contributed by atoms with van der Waals surface area (Å²) in [7, 11) is 0. The van der Waals surface area contributed by atoms with Gasteiger partial charge in [-0.05, 0) is 88.0 Å². The number of ketones is 1. The molecule has 2 aromatic carbocycles. The van der Waals surface area contributed by atoms with Crippen molar-refractivity contribution in [2.75, 3.05) is 0 Å². The highest BCUT2D eigenvalue weighted by Crippen LogP contribution is 2.38. The van der Waals surface area contributed by atoms with Crippen molar-refractivity contribution in [1.82, 2.24) is 0 Å². The molecule has 0 fully saturated rings. The lowest BCUT2D eigenvalue weighted by atomic mass is 10.0. The van der Waals surface area contributed by atoms with Crippen LogP contribution in [0.15, 0.2) is 42.2 Å². The van der Waals surface area contributed by atoms with Crippen LogP contribution in [-0.2, 0) is 0 Å². The monoisotopic (exact) mass is 526 g/mol. The third-order valence-electron chi connectivity index (χ3n) is 2.61. The molecule has 0 aliphatic rings. The normalized spacial score (nSPS) is 10.6. The molecule has 7 heteroatoms. The molecule has 0 bridgehead atoms. The molecule has 0 saturated heterocycles. The summed E-state index contributed by atoms with van der Waals surface area (Å²) in [5, 5.41) is 19.1. The number of phenols is 2. The average Bonchev–Trinajstić information content (AvgIpc) is 2.42. The second-order valence-electron chi connectivity index (χ2n) is 3.85. The van der Waals surface area contributed by atoms with Crippen molar-refractivity contribution in [2.24, 2.45) is 0 Å². The van der Waals surface area contributed by atoms with Crippen LogP contribution in [0.3, 0.4) is 0 Å². The quantitative estimate of drug-likeness (QED) is 0.514. The first-order valence-corrected chi connectivity index (χ1v) is 8.40. The van der Waals surface area contributed by atoms with Crippen molar-refractivity contribution in [3.05, 3.63) is 53.3 Å². The minimum atomic E-state index is -0.245. The molecule has 0 aliphatic heterocycles. The van der Waals surface area contributed by atoms with Gasteiger partial charge in [0, 0.05) is 20.1 Å². The summed E-state index contributed by atoms with van der Waals surface area (Å²) >= 11 is 13.0. The Labute approximate surface area is 148 Å². The SMILES string of the molecule is O=C(c1ccc(O)c(Br)c1Br)c1ccc(O)c(Br)c1Br. The fourth-order valence-corrected chi connectivity index (χ4v) is 3.30. The topological polar surface area (TPSA) is 57.5 Å². The summed E-state index contributed by atoms with van der Waals surface area (Å²) in [6.45, 7) is 0. The lowest BCUT2D eigenvalue weighted by molar-refractivity contribution is 0.103. The molecule has 3 nitrogen and oxygen atoms in total. The standard InChI is InChI=1S/C13H6Br4O3/c14-9-5(1-3-7(18)11(9)16)13(20)6-2-4-8(19)12(17)10(6)15/h1-4,18-19H. The average molecular weight is 530 g/mol. The van der Waals surface area contributed by atoms with Crippen LogP contribution in [0.1, 0.15) is 15.9 Å². The number of benzene rings is 2. The zero-order valence-electron chi connectivity index (χ0n) is 9.62. The molecule has 0 aromatic heterocycles. The number of aromatic hydroxyl groups is 2. The van der Waals surface area contributed by atoms with Crippen LogP contribution < -0.4 is 0 Å². The number of rotatable bonds is 2. The highest BCUT2D eigenvalue weighted by Gasteiger charge is 2.20. The number of hydrogen-bond acceptors (Lipinski definition) is 3. The van der Waals surface area contributed by atoms with Gasteiger partial charge in [0.05, 0.1) is 8.95 Å². The third kappa shape index (κ3) is 2.81. The van der Waals surface area contributed by atoms with Gasteiger partial charge in [-0.2, -0.15) is 0 Å². The highest BCUT2D eigenvalue weighted by molar-refractivity contribution is 9.13. The Kier molecular flexibility index (Phi) is 4.94. The Morgan fingerprint density at radius 3 is 1.40 bits per heavy atom. The lowest BCUT2D eigenvalue weighted by Crippen LogP contribution is -2.04. The lowest BCUT2D eigenvalue weighted by Gasteiger charge is -2.10. The van der Waals surface area contributed by atoms with Crippen molar-refractivity contribution in [3.63, 3.8) is 0 Å². The largest absolute Gasteiger partial charge is 0.507 e. The molecule has 0 amide bonds. The predicted molar refractivity (Wildman–Crippen MR) is 90.4 cm³/mol. The van der Waals surface area contributed by atoms with Gasteiger partial charge >= 0.3 is 0 Å². The first-order chi connectivity index (χ1) is 9.34. The number of phenolic OH excluding ortho intramolecular Hbond substituents is 2. The summed E-state index contributed by atoms with van der Waals surface area (Å²) in [4.78, 5) is 12.6. The van der Waals surface area contributed by atoms with Crippen LogP contribution in [0, 0.1) is 0 Å². The van der Waals surface area contributed by atoms with Gasteiger partial charge in [-0.1, -0.05) is 0 Å². The second-order valence-corrected chi connectivity index (χ2v) is 7.02. The summed E-state index contributed by atoms with van der Waals surface area (Å²) < 4.78 is 1.77. The first kappa shape index (κ1) is 16.0. The molecule has 0 atom stereocenters. The van der Waals surface area contributed by atoms with E-state index in [0.717, 1.165) is 0 Å². The number of hydrogen-bond donors (Lipinski definition) is 2. The molecule has 0 radical (unpaired) electrons. The van der Waals surface area contributed by atoms with E-state index in [1.54, 1.807) is 0 Å². The van der Waals surface area contributed by atoms with Crippen molar-refractivity contribution in [3.8, 4) is 11.5 Å². The smallest absolute Gasteiger partial charge is 0.195 e. The Balaban J connectivity index is 2.58.